The van der Waals surface area contributed by atoms with Gasteiger partial charge in [0.05, 0.1) is 6.54 Å². The number of piperidine rings is 1. The van der Waals surface area contributed by atoms with Crippen molar-refractivity contribution in [2.24, 2.45) is 5.92 Å². The van der Waals surface area contributed by atoms with E-state index in [9.17, 15) is 22.8 Å². The number of ether oxygens (including phenoxy) is 2. The van der Waals surface area contributed by atoms with Crippen molar-refractivity contribution in [3.05, 3.63) is 18.2 Å². The van der Waals surface area contributed by atoms with E-state index in [1.807, 2.05) is 5.32 Å². The highest BCUT2D eigenvalue weighted by Gasteiger charge is 2.29. The highest BCUT2D eigenvalue weighted by atomic mass is 19.4. The van der Waals surface area contributed by atoms with Crippen LogP contribution in [0.1, 0.15) is 12.8 Å². The molecule has 10 heteroatoms. The fourth-order valence-electron chi connectivity index (χ4n) is 3.03. The Bertz CT molecular complexity index is 703. The molecule has 1 fully saturated rings. The molecule has 0 spiro atoms. The first-order chi connectivity index (χ1) is 12.8. The highest BCUT2D eigenvalue weighted by Crippen LogP contribution is 2.34. The molecule has 0 aromatic heterocycles. The van der Waals surface area contributed by atoms with Crippen molar-refractivity contribution < 1.29 is 32.2 Å². The normalized spacial score (nSPS) is 17.6. The van der Waals surface area contributed by atoms with Crippen molar-refractivity contribution in [1.29, 1.82) is 0 Å². The smallest absolute Gasteiger partial charge is 0.405 e. The summed E-state index contributed by atoms with van der Waals surface area (Å²) in [5.41, 5.74) is 0.609. The van der Waals surface area contributed by atoms with Crippen molar-refractivity contribution in [1.82, 2.24) is 10.2 Å². The largest absolute Gasteiger partial charge is 0.454 e. The Morgan fingerprint density at radius 1 is 1.15 bits per heavy atom. The van der Waals surface area contributed by atoms with Crippen LogP contribution in [0.15, 0.2) is 18.2 Å². The molecule has 1 aromatic carbocycles. The van der Waals surface area contributed by atoms with Gasteiger partial charge in [0, 0.05) is 17.7 Å². The second kappa shape index (κ2) is 8.03. The van der Waals surface area contributed by atoms with E-state index in [1.165, 1.54) is 0 Å². The van der Waals surface area contributed by atoms with Gasteiger partial charge in [-0.1, -0.05) is 0 Å². The van der Waals surface area contributed by atoms with Gasteiger partial charge in [-0.05, 0) is 38.1 Å². The molecule has 2 N–H and O–H groups in total. The monoisotopic (exact) mass is 387 g/mol. The SMILES string of the molecule is O=C(CN1CCC(C(=O)Nc2ccc3c(c2)OCO3)CC1)NCC(F)(F)F. The van der Waals surface area contributed by atoms with E-state index in [-0.39, 0.29) is 25.2 Å². The summed E-state index contributed by atoms with van der Waals surface area (Å²) in [5.74, 6) is 0.188. The quantitative estimate of drug-likeness (QED) is 0.805. The lowest BCUT2D eigenvalue weighted by molar-refractivity contribution is -0.139. The van der Waals surface area contributed by atoms with Crippen molar-refractivity contribution in [3.8, 4) is 11.5 Å². The molecule has 7 nitrogen and oxygen atoms in total. The molecule has 2 aliphatic rings. The van der Waals surface area contributed by atoms with E-state index in [0.29, 0.717) is 43.1 Å². The summed E-state index contributed by atoms with van der Waals surface area (Å²) in [6.07, 6.45) is -3.36. The molecule has 0 aliphatic carbocycles. The summed E-state index contributed by atoms with van der Waals surface area (Å²) < 4.78 is 46.8. The Labute approximate surface area is 153 Å². The lowest BCUT2D eigenvalue weighted by atomic mass is 9.96. The standard InChI is InChI=1S/C17H20F3N3O4/c18-17(19,20)9-21-15(24)8-23-5-3-11(4-6-23)16(25)22-12-1-2-13-14(7-12)27-10-26-13/h1-2,7,11H,3-6,8-10H2,(H,21,24)(H,22,25). The molecule has 0 saturated carbocycles. The molecule has 2 aliphatic heterocycles. The minimum Gasteiger partial charge on any atom is -0.454 e. The molecule has 1 aromatic rings. The van der Waals surface area contributed by atoms with Crippen LogP contribution in [0.25, 0.3) is 0 Å². The van der Waals surface area contributed by atoms with Gasteiger partial charge in [-0.3, -0.25) is 14.5 Å². The van der Waals surface area contributed by atoms with Crippen molar-refractivity contribution in [3.63, 3.8) is 0 Å². The van der Waals surface area contributed by atoms with E-state index in [1.54, 1.807) is 23.1 Å². The number of benzene rings is 1. The summed E-state index contributed by atoms with van der Waals surface area (Å²) in [7, 11) is 0. The Balaban J connectivity index is 1.42. The van der Waals surface area contributed by atoms with Crippen LogP contribution in [0.4, 0.5) is 18.9 Å². The van der Waals surface area contributed by atoms with Crippen molar-refractivity contribution in [2.75, 3.05) is 38.3 Å². The molecule has 0 unspecified atom stereocenters. The minimum absolute atomic E-state index is 0.105. The zero-order valence-electron chi connectivity index (χ0n) is 14.5. The predicted molar refractivity (Wildman–Crippen MR) is 89.4 cm³/mol. The second-order valence-corrected chi connectivity index (χ2v) is 6.50. The van der Waals surface area contributed by atoms with Crippen molar-refractivity contribution in [2.45, 2.75) is 19.0 Å². The van der Waals surface area contributed by atoms with Crippen LogP contribution in [-0.2, 0) is 9.59 Å². The summed E-state index contributed by atoms with van der Waals surface area (Å²) in [4.78, 5) is 25.7. The molecule has 0 radical (unpaired) electrons. The first-order valence-corrected chi connectivity index (χ1v) is 8.56. The third-order valence-corrected chi connectivity index (χ3v) is 4.45. The molecule has 0 atom stereocenters. The maximum atomic E-state index is 12.4. The average Bonchev–Trinajstić information content (AvgIpc) is 3.08. The molecule has 0 bridgehead atoms. The second-order valence-electron chi connectivity index (χ2n) is 6.50. The van der Waals surface area contributed by atoms with E-state index in [2.05, 4.69) is 5.32 Å². The van der Waals surface area contributed by atoms with Crippen LogP contribution in [0.3, 0.4) is 0 Å². The topological polar surface area (TPSA) is 79.9 Å². The summed E-state index contributed by atoms with van der Waals surface area (Å²) in [6, 6.07) is 5.14. The Morgan fingerprint density at radius 2 is 1.85 bits per heavy atom. The van der Waals surface area contributed by atoms with E-state index in [0.717, 1.165) is 0 Å². The number of alkyl halides is 3. The number of nitrogens with one attached hydrogen (secondary N) is 2. The van der Waals surface area contributed by atoms with Crippen LogP contribution >= 0.6 is 0 Å². The van der Waals surface area contributed by atoms with Gasteiger partial charge < -0.3 is 20.1 Å². The van der Waals surface area contributed by atoms with Gasteiger partial charge in [0.2, 0.25) is 18.6 Å². The number of likely N-dealkylation sites (tertiary alicyclic amines) is 1. The van der Waals surface area contributed by atoms with Gasteiger partial charge in [0.25, 0.3) is 0 Å². The third-order valence-electron chi connectivity index (χ3n) is 4.45. The fraction of sp³-hybridized carbons (Fsp3) is 0.529. The maximum absolute atomic E-state index is 12.4. The number of rotatable bonds is 5. The lowest BCUT2D eigenvalue weighted by Crippen LogP contribution is -2.45. The van der Waals surface area contributed by atoms with Gasteiger partial charge in [-0.2, -0.15) is 13.2 Å². The zero-order valence-corrected chi connectivity index (χ0v) is 14.5. The number of nitrogens with zero attached hydrogens (tertiary/aromatic N) is 1. The Morgan fingerprint density at radius 3 is 2.56 bits per heavy atom. The van der Waals surface area contributed by atoms with Gasteiger partial charge in [-0.15, -0.1) is 0 Å². The molecule has 2 heterocycles. The van der Waals surface area contributed by atoms with Crippen LogP contribution in [0.5, 0.6) is 11.5 Å². The number of hydrogen-bond acceptors (Lipinski definition) is 5. The molecule has 3 rings (SSSR count). The molecule has 148 valence electrons. The molecule has 2 amide bonds. The lowest BCUT2D eigenvalue weighted by Gasteiger charge is -2.30. The van der Waals surface area contributed by atoms with Gasteiger partial charge >= 0.3 is 6.18 Å². The van der Waals surface area contributed by atoms with Crippen LogP contribution in [0.2, 0.25) is 0 Å². The molecule has 1 saturated heterocycles. The summed E-state index contributed by atoms with van der Waals surface area (Å²) in [6.45, 7) is -0.341. The molecular weight excluding hydrogens is 367 g/mol. The number of halogens is 3. The van der Waals surface area contributed by atoms with E-state index >= 15 is 0 Å². The number of anilines is 1. The number of carbonyl (C=O) groups is 2. The van der Waals surface area contributed by atoms with E-state index in [4.69, 9.17) is 9.47 Å². The molecular formula is C17H20F3N3O4. The Kier molecular flexibility index (Phi) is 5.73. The number of amides is 2. The predicted octanol–water partition coefficient (Wildman–Crippen LogP) is 1.74. The third kappa shape index (κ3) is 5.49. The Hall–Kier alpha value is -2.49. The number of fused-ring (bicyclic) bond motifs is 1. The number of hydrogen-bond donors (Lipinski definition) is 2. The van der Waals surface area contributed by atoms with Gasteiger partial charge in [0.1, 0.15) is 6.54 Å². The zero-order chi connectivity index (χ0) is 19.4. The maximum Gasteiger partial charge on any atom is 0.405 e. The highest BCUT2D eigenvalue weighted by molar-refractivity contribution is 5.93. The summed E-state index contributed by atoms with van der Waals surface area (Å²) in [5, 5.41) is 4.69. The van der Waals surface area contributed by atoms with Crippen LogP contribution in [-0.4, -0.2) is 55.9 Å². The van der Waals surface area contributed by atoms with Crippen LogP contribution in [0, 0.1) is 5.92 Å². The first kappa shape index (κ1) is 19.3. The minimum atomic E-state index is -4.42. The van der Waals surface area contributed by atoms with Crippen molar-refractivity contribution >= 4 is 17.5 Å². The van der Waals surface area contributed by atoms with Gasteiger partial charge in [-0.25, -0.2) is 0 Å². The van der Waals surface area contributed by atoms with E-state index < -0.39 is 18.6 Å². The molecule has 27 heavy (non-hydrogen) atoms. The van der Waals surface area contributed by atoms with Gasteiger partial charge in [0.15, 0.2) is 11.5 Å². The van der Waals surface area contributed by atoms with Crippen LogP contribution < -0.4 is 20.1 Å². The summed E-state index contributed by atoms with van der Waals surface area (Å²) >= 11 is 0. The fourth-order valence-corrected chi connectivity index (χ4v) is 3.03. The first-order valence-electron chi connectivity index (χ1n) is 8.56. The number of carbonyl (C=O) groups excluding carboxylic acids is 2. The average molecular weight is 387 g/mol.